The summed E-state index contributed by atoms with van der Waals surface area (Å²) in [5.41, 5.74) is -1.26. The van der Waals surface area contributed by atoms with E-state index in [4.69, 9.17) is 11.7 Å². The quantitative estimate of drug-likeness (QED) is 0.187. The Morgan fingerprint density at radius 3 is 2.31 bits per heavy atom. The zero-order valence-electron chi connectivity index (χ0n) is 16.2. The Morgan fingerprint density at radius 2 is 1.72 bits per heavy atom. The molecule has 3 rings (SSSR count). The van der Waals surface area contributed by atoms with Gasteiger partial charge in [0.05, 0.1) is 24.0 Å². The van der Waals surface area contributed by atoms with E-state index in [2.05, 4.69) is 15.1 Å². The Labute approximate surface area is 178 Å². The van der Waals surface area contributed by atoms with E-state index in [0.717, 1.165) is 43.0 Å². The van der Waals surface area contributed by atoms with E-state index in [1.54, 1.807) is 0 Å². The van der Waals surface area contributed by atoms with Crippen molar-refractivity contribution in [1.29, 1.82) is 0 Å². The molecular weight excluding hydrogens is 438 g/mol. The van der Waals surface area contributed by atoms with Gasteiger partial charge in [-0.15, -0.1) is 0 Å². The Balaban J connectivity index is 2.00. The lowest BCUT2D eigenvalue weighted by molar-refractivity contribution is -0.0446. The molecule has 2 aromatic carbocycles. The number of hydrazine groups is 1. The molecule has 1 unspecified atom stereocenters. The molecule has 12 heteroatoms. The molecule has 0 saturated carbocycles. The number of hydrogen-bond donors (Lipinski definition) is 2. The van der Waals surface area contributed by atoms with Gasteiger partial charge in [-0.25, -0.2) is 23.4 Å². The van der Waals surface area contributed by atoms with Crippen molar-refractivity contribution in [3.63, 3.8) is 0 Å². The molecule has 168 valence electrons. The first-order chi connectivity index (χ1) is 15.1. The monoisotopic (exact) mass is 454 g/mol. The molecule has 6 nitrogen and oxygen atoms in total. The molecule has 32 heavy (non-hydrogen) atoms. The lowest BCUT2D eigenvalue weighted by Gasteiger charge is -2.29. The zero-order chi connectivity index (χ0) is 23.5. The van der Waals surface area contributed by atoms with Crippen molar-refractivity contribution in [1.82, 2.24) is 15.0 Å². The van der Waals surface area contributed by atoms with E-state index in [-0.39, 0.29) is 11.3 Å². The molecule has 0 aliphatic rings. The van der Waals surface area contributed by atoms with E-state index in [1.165, 1.54) is 6.07 Å². The van der Waals surface area contributed by atoms with Crippen LogP contribution in [0.25, 0.3) is 11.3 Å². The third kappa shape index (κ3) is 4.80. The summed E-state index contributed by atoms with van der Waals surface area (Å²) in [5, 5.41) is 3.84. The van der Waals surface area contributed by atoms with Crippen molar-refractivity contribution in [3.8, 4) is 11.3 Å². The molecule has 0 amide bonds. The van der Waals surface area contributed by atoms with Crippen molar-refractivity contribution < 1.29 is 26.3 Å². The van der Waals surface area contributed by atoms with Crippen LogP contribution >= 0.6 is 0 Å². The van der Waals surface area contributed by atoms with Crippen molar-refractivity contribution >= 4 is 6.34 Å². The van der Waals surface area contributed by atoms with Gasteiger partial charge in [0, 0.05) is 18.2 Å². The first kappa shape index (κ1) is 23.0. The van der Waals surface area contributed by atoms with Crippen LogP contribution in [0.1, 0.15) is 17.2 Å². The van der Waals surface area contributed by atoms with Gasteiger partial charge in [-0.1, -0.05) is 6.07 Å². The van der Waals surface area contributed by atoms with E-state index < -0.39 is 52.9 Å². The number of hydrazone groups is 1. The molecule has 0 aliphatic carbocycles. The van der Waals surface area contributed by atoms with Crippen molar-refractivity contribution in [2.45, 2.75) is 11.8 Å². The SMILES string of the molecule is N/N=C\N(N)CC(c1ccc(F)cc1F)C(F)(F)c1cnc(-c2ccc(F)c(F)c2)cn1. The smallest absolute Gasteiger partial charge is 0.299 e. The van der Waals surface area contributed by atoms with Crippen LogP contribution in [0.4, 0.5) is 26.3 Å². The van der Waals surface area contributed by atoms with Gasteiger partial charge in [-0.05, 0) is 29.8 Å². The van der Waals surface area contributed by atoms with Crippen LogP contribution in [0.2, 0.25) is 0 Å². The fourth-order valence-corrected chi connectivity index (χ4v) is 3.02. The number of nitrogens with zero attached hydrogens (tertiary/aromatic N) is 4. The minimum Gasteiger partial charge on any atom is -0.322 e. The molecule has 1 atom stereocenters. The summed E-state index contributed by atoms with van der Waals surface area (Å²) in [4.78, 5) is 7.52. The largest absolute Gasteiger partial charge is 0.322 e. The van der Waals surface area contributed by atoms with Crippen LogP contribution in [0.5, 0.6) is 0 Å². The summed E-state index contributed by atoms with van der Waals surface area (Å²) >= 11 is 0. The molecule has 0 bridgehead atoms. The summed E-state index contributed by atoms with van der Waals surface area (Å²) in [5.74, 6) is 0.393. The van der Waals surface area contributed by atoms with Crippen molar-refractivity contribution in [2.75, 3.05) is 6.54 Å². The third-order valence-corrected chi connectivity index (χ3v) is 4.59. The molecule has 0 radical (unpaired) electrons. The second-order valence-electron chi connectivity index (χ2n) is 6.72. The van der Waals surface area contributed by atoms with Crippen LogP contribution in [0.3, 0.4) is 0 Å². The van der Waals surface area contributed by atoms with Gasteiger partial charge in [-0.3, -0.25) is 15.0 Å². The van der Waals surface area contributed by atoms with Gasteiger partial charge in [0.15, 0.2) is 11.6 Å². The standard InChI is InChI=1S/C20H16F6N6/c21-12-2-3-13(16(23)6-12)14(9-32(28)10-31-27)20(25,26)19-8-29-18(7-30-19)11-1-4-15(22)17(24)5-11/h1-8,10,14H,9,27-28H2/b31-10-. The first-order valence-electron chi connectivity index (χ1n) is 8.99. The Hall–Kier alpha value is -3.67. The summed E-state index contributed by atoms with van der Waals surface area (Å²) in [6.07, 6.45) is 2.51. The van der Waals surface area contributed by atoms with Gasteiger partial charge in [0.1, 0.15) is 23.7 Å². The molecule has 0 aliphatic heterocycles. The minimum absolute atomic E-state index is 0.00341. The van der Waals surface area contributed by atoms with Crippen LogP contribution in [0.15, 0.2) is 53.9 Å². The number of hydrogen-bond acceptors (Lipinski definition) is 5. The molecule has 1 heterocycles. The Kier molecular flexibility index (Phi) is 6.63. The molecule has 0 fully saturated rings. The molecular formula is C20H16F6N6. The number of rotatable bonds is 7. The number of nitrogens with two attached hydrogens (primary N) is 2. The number of aromatic nitrogens is 2. The fourth-order valence-electron chi connectivity index (χ4n) is 3.02. The normalized spacial score (nSPS) is 12.8. The predicted octanol–water partition coefficient (Wildman–Crippen LogP) is 3.65. The van der Waals surface area contributed by atoms with E-state index in [0.29, 0.717) is 11.1 Å². The molecule has 4 N–H and O–H groups in total. The van der Waals surface area contributed by atoms with Gasteiger partial charge >= 0.3 is 0 Å². The highest BCUT2D eigenvalue weighted by atomic mass is 19.3. The lowest BCUT2D eigenvalue weighted by atomic mass is 9.89. The van der Waals surface area contributed by atoms with Gasteiger partial charge < -0.3 is 5.84 Å². The minimum atomic E-state index is -3.84. The van der Waals surface area contributed by atoms with Crippen LogP contribution < -0.4 is 11.7 Å². The van der Waals surface area contributed by atoms with Crippen LogP contribution in [-0.2, 0) is 5.92 Å². The van der Waals surface area contributed by atoms with Gasteiger partial charge in [0.2, 0.25) is 0 Å². The summed E-state index contributed by atoms with van der Waals surface area (Å²) in [7, 11) is 0. The highest BCUT2D eigenvalue weighted by Crippen LogP contribution is 2.42. The second kappa shape index (κ2) is 9.22. The molecule has 0 saturated heterocycles. The highest BCUT2D eigenvalue weighted by Gasteiger charge is 2.45. The topological polar surface area (TPSA) is 93.4 Å². The average molecular weight is 454 g/mol. The van der Waals surface area contributed by atoms with Gasteiger partial charge in [-0.2, -0.15) is 13.9 Å². The molecule has 1 aromatic heterocycles. The maximum absolute atomic E-state index is 15.4. The number of benzene rings is 2. The van der Waals surface area contributed by atoms with Crippen LogP contribution in [-0.4, -0.2) is 27.9 Å². The van der Waals surface area contributed by atoms with E-state index in [1.807, 2.05) is 0 Å². The summed E-state index contributed by atoms with van der Waals surface area (Å²) in [6, 6.07) is 5.07. The Morgan fingerprint density at radius 1 is 0.969 bits per heavy atom. The lowest BCUT2D eigenvalue weighted by Crippen LogP contribution is -2.40. The summed E-state index contributed by atoms with van der Waals surface area (Å²) in [6.45, 7) is -0.664. The maximum Gasteiger partial charge on any atom is 0.299 e. The average Bonchev–Trinajstić information content (AvgIpc) is 2.75. The highest BCUT2D eigenvalue weighted by molar-refractivity contribution is 5.58. The third-order valence-electron chi connectivity index (χ3n) is 4.59. The van der Waals surface area contributed by atoms with Gasteiger partial charge in [0.25, 0.3) is 5.92 Å². The van der Waals surface area contributed by atoms with E-state index in [9.17, 15) is 17.6 Å². The Bertz CT molecular complexity index is 1120. The molecule has 3 aromatic rings. The summed E-state index contributed by atoms with van der Waals surface area (Å²) < 4.78 is 85.0. The van der Waals surface area contributed by atoms with Crippen molar-refractivity contribution in [3.05, 3.63) is 83.3 Å². The number of alkyl halides is 2. The number of halogens is 6. The first-order valence-corrected chi connectivity index (χ1v) is 8.99. The fraction of sp³-hybridized carbons (Fsp3) is 0.150. The zero-order valence-corrected chi connectivity index (χ0v) is 16.2. The second-order valence-corrected chi connectivity index (χ2v) is 6.72. The van der Waals surface area contributed by atoms with Crippen molar-refractivity contribution in [2.24, 2.45) is 16.8 Å². The molecule has 0 spiro atoms. The van der Waals surface area contributed by atoms with E-state index >= 15 is 8.78 Å². The maximum atomic E-state index is 15.4. The predicted molar refractivity (Wildman–Crippen MR) is 104 cm³/mol. The van der Waals surface area contributed by atoms with Crippen LogP contribution in [0, 0.1) is 23.3 Å².